The average Bonchev–Trinajstić information content (AvgIpc) is 2.26. The van der Waals surface area contributed by atoms with Crippen LogP contribution in [0.5, 0.6) is 0 Å². The Balaban J connectivity index is 1.74. The molecule has 0 unspecified atom stereocenters. The molecule has 1 aromatic rings. The minimum Gasteiger partial charge on any atom is -0.314 e. The molecule has 0 N–H and O–H groups in total. The van der Waals surface area contributed by atoms with E-state index in [1.807, 2.05) is 12.3 Å². The van der Waals surface area contributed by atoms with Crippen molar-refractivity contribution in [3.8, 4) is 0 Å². The summed E-state index contributed by atoms with van der Waals surface area (Å²) in [5.74, 6) is 0.830. The average molecular weight is 299 g/mol. The molecule has 1 aromatic heterocycles. The Hall–Kier alpha value is -0.610. The van der Waals surface area contributed by atoms with Gasteiger partial charge in [-0.2, -0.15) is 0 Å². The smallest absolute Gasteiger partial charge is 0.250 e. The lowest BCUT2D eigenvalue weighted by Gasteiger charge is -2.34. The summed E-state index contributed by atoms with van der Waals surface area (Å²) in [7, 11) is 2.13. The highest BCUT2D eigenvalue weighted by atomic mass is 79.9. The summed E-state index contributed by atoms with van der Waals surface area (Å²) < 4.78 is 1.77. The van der Waals surface area contributed by atoms with E-state index in [9.17, 15) is 4.79 Å². The normalized spacial score (nSPS) is 23.7. The summed E-state index contributed by atoms with van der Waals surface area (Å²) in [5.41, 5.74) is 0.0880. The van der Waals surface area contributed by atoms with E-state index in [2.05, 4.69) is 27.9 Å². The largest absolute Gasteiger partial charge is 0.314 e. The maximum absolute atomic E-state index is 11.5. The van der Waals surface area contributed by atoms with Crippen LogP contribution in [0.1, 0.15) is 12.8 Å². The van der Waals surface area contributed by atoms with E-state index >= 15 is 0 Å². The van der Waals surface area contributed by atoms with Crippen LogP contribution in [-0.4, -0.2) is 34.4 Å². The molecule has 0 aliphatic heterocycles. The van der Waals surface area contributed by atoms with Gasteiger partial charge in [0.2, 0.25) is 0 Å². The van der Waals surface area contributed by atoms with Gasteiger partial charge < -0.3 is 9.47 Å². The van der Waals surface area contributed by atoms with Crippen molar-refractivity contribution in [2.24, 2.45) is 5.92 Å². The van der Waals surface area contributed by atoms with Crippen molar-refractivity contribution in [1.29, 1.82) is 0 Å². The van der Waals surface area contributed by atoms with E-state index in [0.29, 0.717) is 0 Å². The van der Waals surface area contributed by atoms with Crippen LogP contribution in [-0.2, 0) is 6.54 Å². The standard InChI is InChI=1S/C13H19BrN2O/c1-15(10-11-8-12(14)9-11)6-7-16-5-3-2-4-13(16)17/h2-5,11-12H,6-10H2,1H3. The molecule has 3 nitrogen and oxygen atoms in total. The van der Waals surface area contributed by atoms with Gasteiger partial charge in [0, 0.05) is 36.7 Å². The van der Waals surface area contributed by atoms with Gasteiger partial charge in [-0.3, -0.25) is 4.79 Å². The Morgan fingerprint density at radius 3 is 2.88 bits per heavy atom. The van der Waals surface area contributed by atoms with Crippen LogP contribution in [0.4, 0.5) is 0 Å². The Bertz CT molecular complexity index is 412. The van der Waals surface area contributed by atoms with E-state index < -0.39 is 0 Å². The van der Waals surface area contributed by atoms with Gasteiger partial charge in [0.1, 0.15) is 0 Å². The lowest BCUT2D eigenvalue weighted by molar-refractivity contribution is 0.208. The molecule has 94 valence electrons. The van der Waals surface area contributed by atoms with Crippen molar-refractivity contribution >= 4 is 15.9 Å². The Labute approximate surface area is 111 Å². The molecule has 0 spiro atoms. The molecule has 1 fully saturated rings. The minimum atomic E-state index is 0.0880. The molecule has 0 radical (unpaired) electrons. The highest BCUT2D eigenvalue weighted by Gasteiger charge is 2.27. The molecule has 2 rings (SSSR count). The van der Waals surface area contributed by atoms with Crippen molar-refractivity contribution in [2.45, 2.75) is 24.2 Å². The van der Waals surface area contributed by atoms with Gasteiger partial charge in [0.15, 0.2) is 0 Å². The fourth-order valence-corrected chi connectivity index (χ4v) is 3.32. The number of alkyl halides is 1. The summed E-state index contributed by atoms with van der Waals surface area (Å²) >= 11 is 3.61. The fraction of sp³-hybridized carbons (Fsp3) is 0.615. The SMILES string of the molecule is CN(CCn1ccccc1=O)CC1CC(Br)C1. The van der Waals surface area contributed by atoms with E-state index in [1.165, 1.54) is 12.8 Å². The number of aromatic nitrogens is 1. The molecule has 1 aliphatic rings. The summed E-state index contributed by atoms with van der Waals surface area (Å²) in [4.78, 5) is 14.6. The van der Waals surface area contributed by atoms with Crippen molar-refractivity contribution < 1.29 is 0 Å². The van der Waals surface area contributed by atoms with Gasteiger partial charge in [0.25, 0.3) is 5.56 Å². The summed E-state index contributed by atoms with van der Waals surface area (Å²) in [5, 5.41) is 0. The highest BCUT2D eigenvalue weighted by Crippen LogP contribution is 2.33. The van der Waals surface area contributed by atoms with Gasteiger partial charge in [-0.25, -0.2) is 0 Å². The first-order valence-corrected chi connectivity index (χ1v) is 7.05. The number of pyridine rings is 1. The molecule has 0 atom stereocenters. The van der Waals surface area contributed by atoms with Gasteiger partial charge in [-0.15, -0.1) is 0 Å². The van der Waals surface area contributed by atoms with Crippen LogP contribution in [0.25, 0.3) is 0 Å². The van der Waals surface area contributed by atoms with Crippen molar-refractivity contribution in [2.75, 3.05) is 20.1 Å². The monoisotopic (exact) mass is 298 g/mol. The molecule has 4 heteroatoms. The quantitative estimate of drug-likeness (QED) is 0.777. The fourth-order valence-electron chi connectivity index (χ4n) is 2.26. The van der Waals surface area contributed by atoms with Crippen LogP contribution in [0.15, 0.2) is 29.2 Å². The topological polar surface area (TPSA) is 25.2 Å². The number of likely N-dealkylation sites (N-methyl/N-ethyl adjacent to an activating group) is 1. The van der Waals surface area contributed by atoms with E-state index in [-0.39, 0.29) is 5.56 Å². The van der Waals surface area contributed by atoms with Crippen LogP contribution < -0.4 is 5.56 Å². The first-order chi connectivity index (χ1) is 8.15. The molecular formula is C13H19BrN2O. The third kappa shape index (κ3) is 3.68. The lowest BCUT2D eigenvalue weighted by Crippen LogP contribution is -2.36. The number of nitrogens with zero attached hydrogens (tertiary/aromatic N) is 2. The number of halogens is 1. The second kappa shape index (κ2) is 5.83. The first kappa shape index (κ1) is 12.8. The van der Waals surface area contributed by atoms with Gasteiger partial charge >= 0.3 is 0 Å². The highest BCUT2D eigenvalue weighted by molar-refractivity contribution is 9.09. The van der Waals surface area contributed by atoms with Crippen molar-refractivity contribution in [3.05, 3.63) is 34.7 Å². The molecule has 0 bridgehead atoms. The van der Waals surface area contributed by atoms with E-state index in [1.54, 1.807) is 16.7 Å². The molecule has 0 amide bonds. The molecule has 1 heterocycles. The maximum Gasteiger partial charge on any atom is 0.250 e. The van der Waals surface area contributed by atoms with Crippen LogP contribution in [0.3, 0.4) is 0 Å². The van der Waals surface area contributed by atoms with E-state index in [0.717, 1.165) is 30.4 Å². The maximum atomic E-state index is 11.5. The van der Waals surface area contributed by atoms with E-state index in [4.69, 9.17) is 0 Å². The number of hydrogen-bond donors (Lipinski definition) is 0. The second-order valence-corrected chi connectivity index (χ2v) is 6.22. The second-order valence-electron chi connectivity index (χ2n) is 4.93. The van der Waals surface area contributed by atoms with Gasteiger partial charge in [-0.05, 0) is 31.9 Å². The van der Waals surface area contributed by atoms with Gasteiger partial charge in [-0.1, -0.05) is 22.0 Å². The Morgan fingerprint density at radius 2 is 2.24 bits per heavy atom. The van der Waals surface area contributed by atoms with Crippen molar-refractivity contribution in [1.82, 2.24) is 9.47 Å². The summed E-state index contributed by atoms with van der Waals surface area (Å²) in [6, 6.07) is 5.30. The van der Waals surface area contributed by atoms with Gasteiger partial charge in [0.05, 0.1) is 0 Å². The first-order valence-electron chi connectivity index (χ1n) is 6.13. The summed E-state index contributed by atoms with van der Waals surface area (Å²) in [6.45, 7) is 2.86. The van der Waals surface area contributed by atoms with Crippen LogP contribution >= 0.6 is 15.9 Å². The number of rotatable bonds is 5. The zero-order chi connectivity index (χ0) is 12.3. The molecule has 1 saturated carbocycles. The molecule has 17 heavy (non-hydrogen) atoms. The Morgan fingerprint density at radius 1 is 1.47 bits per heavy atom. The predicted octanol–water partition coefficient (Wildman–Crippen LogP) is 1.95. The summed E-state index contributed by atoms with van der Waals surface area (Å²) in [6.07, 6.45) is 4.43. The Kier molecular flexibility index (Phi) is 4.40. The zero-order valence-corrected chi connectivity index (χ0v) is 11.8. The lowest BCUT2D eigenvalue weighted by atomic mass is 9.85. The number of hydrogen-bond acceptors (Lipinski definition) is 2. The van der Waals surface area contributed by atoms with Crippen LogP contribution in [0.2, 0.25) is 0 Å². The molecular weight excluding hydrogens is 280 g/mol. The zero-order valence-electron chi connectivity index (χ0n) is 10.2. The predicted molar refractivity (Wildman–Crippen MR) is 73.6 cm³/mol. The van der Waals surface area contributed by atoms with Crippen LogP contribution in [0, 0.1) is 5.92 Å². The molecule has 0 saturated heterocycles. The van der Waals surface area contributed by atoms with Crippen molar-refractivity contribution in [3.63, 3.8) is 0 Å². The molecule has 1 aliphatic carbocycles. The third-order valence-corrected chi connectivity index (χ3v) is 4.12. The molecule has 0 aromatic carbocycles. The third-order valence-electron chi connectivity index (χ3n) is 3.37. The minimum absolute atomic E-state index is 0.0880.